The molecule has 1 unspecified atom stereocenters. The molecule has 0 radical (unpaired) electrons. The van der Waals surface area contributed by atoms with Gasteiger partial charge in [0.25, 0.3) is 0 Å². The fraction of sp³-hybridized carbons (Fsp3) is 0.370. The molecule has 2 aromatic rings. The largest absolute Gasteiger partial charge is 0.462 e. The Morgan fingerprint density at radius 3 is 2.39 bits per heavy atom. The van der Waals surface area contributed by atoms with Crippen molar-refractivity contribution in [2.75, 3.05) is 5.73 Å². The second-order valence-corrected chi connectivity index (χ2v) is 8.78. The van der Waals surface area contributed by atoms with Crippen LogP contribution in [-0.2, 0) is 10.3 Å². The molecule has 6 heteroatoms. The highest BCUT2D eigenvalue weighted by Crippen LogP contribution is 2.44. The number of hydrogen-bond acceptors (Lipinski definition) is 5. The molecule has 0 aromatic heterocycles. The molecule has 6 nitrogen and oxygen atoms in total. The van der Waals surface area contributed by atoms with Crippen molar-refractivity contribution in [1.82, 2.24) is 5.32 Å². The second-order valence-electron chi connectivity index (χ2n) is 8.78. The first-order chi connectivity index (χ1) is 15.7. The first kappa shape index (κ1) is 24.2. The number of anilines is 1. The van der Waals surface area contributed by atoms with Crippen molar-refractivity contribution in [2.45, 2.75) is 64.8 Å². The minimum atomic E-state index is -1.94. The summed E-state index contributed by atoms with van der Waals surface area (Å²) in [6.45, 7) is 11.9. The smallest absolute Gasteiger partial charge is 0.221 e. The predicted molar refractivity (Wildman–Crippen MR) is 129 cm³/mol. The van der Waals surface area contributed by atoms with E-state index < -0.39 is 23.0 Å². The van der Waals surface area contributed by atoms with Crippen LogP contribution in [0.1, 0.15) is 91.1 Å². The SMILES string of the molecule is C=C(CCC)Oc1cc(C(C)C)ccc1C1(NC(=O)CCC)C(=O)c2cccc(N)c2C1=O. The van der Waals surface area contributed by atoms with Crippen molar-refractivity contribution in [2.24, 2.45) is 0 Å². The zero-order valence-electron chi connectivity index (χ0n) is 19.8. The van der Waals surface area contributed by atoms with Crippen LogP contribution in [0.3, 0.4) is 0 Å². The van der Waals surface area contributed by atoms with Crippen molar-refractivity contribution in [1.29, 1.82) is 0 Å². The van der Waals surface area contributed by atoms with Crippen molar-refractivity contribution in [3.8, 4) is 5.75 Å². The summed E-state index contributed by atoms with van der Waals surface area (Å²) in [5.74, 6) is -0.406. The van der Waals surface area contributed by atoms with E-state index in [4.69, 9.17) is 10.5 Å². The van der Waals surface area contributed by atoms with Crippen LogP contribution in [-0.4, -0.2) is 17.5 Å². The molecular weight excluding hydrogens is 416 g/mol. The molecule has 1 aliphatic carbocycles. The lowest BCUT2D eigenvalue weighted by atomic mass is 9.82. The van der Waals surface area contributed by atoms with Crippen LogP contribution in [0.15, 0.2) is 48.7 Å². The molecule has 0 spiro atoms. The summed E-state index contributed by atoms with van der Waals surface area (Å²) in [5, 5.41) is 2.77. The van der Waals surface area contributed by atoms with Gasteiger partial charge in [-0.2, -0.15) is 0 Å². The van der Waals surface area contributed by atoms with Gasteiger partial charge in [0.1, 0.15) is 5.75 Å². The van der Waals surface area contributed by atoms with Gasteiger partial charge >= 0.3 is 0 Å². The third-order valence-electron chi connectivity index (χ3n) is 5.91. The van der Waals surface area contributed by atoms with Gasteiger partial charge in [0.05, 0.1) is 11.3 Å². The third-order valence-corrected chi connectivity index (χ3v) is 5.91. The number of nitrogens with two attached hydrogens (primary N) is 1. The molecule has 174 valence electrons. The van der Waals surface area contributed by atoms with E-state index >= 15 is 0 Å². The van der Waals surface area contributed by atoms with Crippen LogP contribution < -0.4 is 15.8 Å². The highest BCUT2D eigenvalue weighted by Gasteiger charge is 2.57. The molecule has 0 saturated heterocycles. The number of Topliss-reactive ketones (excluding diaryl/α,β-unsaturated/α-hetero) is 2. The number of fused-ring (bicyclic) bond motifs is 1. The van der Waals surface area contributed by atoms with Gasteiger partial charge in [0.15, 0.2) is 5.54 Å². The van der Waals surface area contributed by atoms with Gasteiger partial charge in [-0.15, -0.1) is 0 Å². The van der Waals surface area contributed by atoms with Gasteiger partial charge in [-0.05, 0) is 36.5 Å². The number of carbonyl (C=O) groups excluding carboxylic acids is 3. The average molecular weight is 449 g/mol. The Morgan fingerprint density at radius 2 is 1.79 bits per heavy atom. The lowest BCUT2D eigenvalue weighted by molar-refractivity contribution is -0.122. The Balaban J connectivity index is 2.28. The molecule has 33 heavy (non-hydrogen) atoms. The topological polar surface area (TPSA) is 98.5 Å². The number of ether oxygens (including phenoxy) is 1. The number of nitrogens with one attached hydrogen (secondary N) is 1. The summed E-state index contributed by atoms with van der Waals surface area (Å²) in [7, 11) is 0. The summed E-state index contributed by atoms with van der Waals surface area (Å²) < 4.78 is 6.10. The fourth-order valence-corrected chi connectivity index (χ4v) is 4.21. The molecule has 0 aliphatic heterocycles. The van der Waals surface area contributed by atoms with E-state index in [1.54, 1.807) is 24.3 Å². The third kappa shape index (κ3) is 4.30. The lowest BCUT2D eigenvalue weighted by Gasteiger charge is -2.30. The summed E-state index contributed by atoms with van der Waals surface area (Å²) in [4.78, 5) is 40.5. The molecule has 1 aliphatic rings. The first-order valence-electron chi connectivity index (χ1n) is 11.5. The zero-order valence-corrected chi connectivity index (χ0v) is 19.8. The number of carbonyl (C=O) groups is 3. The number of rotatable bonds is 9. The number of ketones is 2. The molecule has 1 amide bonds. The number of benzene rings is 2. The minimum absolute atomic E-state index is 0.130. The molecule has 1 atom stereocenters. The van der Waals surface area contributed by atoms with Gasteiger partial charge in [-0.3, -0.25) is 14.4 Å². The maximum atomic E-state index is 13.9. The van der Waals surface area contributed by atoms with E-state index in [1.165, 1.54) is 0 Å². The quantitative estimate of drug-likeness (QED) is 0.309. The predicted octanol–water partition coefficient (Wildman–Crippen LogP) is 5.28. The number of hydrogen-bond donors (Lipinski definition) is 2. The normalized spacial score (nSPS) is 17.2. The van der Waals surface area contributed by atoms with Gasteiger partial charge < -0.3 is 15.8 Å². The highest BCUT2D eigenvalue weighted by atomic mass is 16.5. The van der Waals surface area contributed by atoms with Crippen LogP contribution in [0.5, 0.6) is 5.75 Å². The maximum Gasteiger partial charge on any atom is 0.221 e. The Kier molecular flexibility index (Phi) is 7.06. The van der Waals surface area contributed by atoms with Crippen LogP contribution in [0.25, 0.3) is 0 Å². The molecule has 0 saturated carbocycles. The molecule has 0 heterocycles. The fourth-order valence-electron chi connectivity index (χ4n) is 4.21. The van der Waals surface area contributed by atoms with Crippen molar-refractivity contribution in [3.63, 3.8) is 0 Å². The van der Waals surface area contributed by atoms with Gasteiger partial charge in [0, 0.05) is 29.7 Å². The van der Waals surface area contributed by atoms with Gasteiger partial charge in [-0.25, -0.2) is 0 Å². The monoisotopic (exact) mass is 448 g/mol. The van der Waals surface area contributed by atoms with Crippen LogP contribution in [0.4, 0.5) is 5.69 Å². The number of allylic oxidation sites excluding steroid dienone is 1. The molecule has 3 rings (SSSR count). The van der Waals surface area contributed by atoms with E-state index in [0.29, 0.717) is 29.9 Å². The highest BCUT2D eigenvalue weighted by molar-refractivity contribution is 6.35. The zero-order chi connectivity index (χ0) is 24.3. The standard InChI is InChI=1S/C27H32N2O4/c1-6-9-17(5)33-22-15-18(16(3)4)13-14-20(22)27(29-23(30)10-7-2)25(31)19-11-8-12-21(28)24(19)26(27)32/h8,11-16H,5-7,9-10,28H2,1-4H3,(H,29,30). The van der Waals surface area contributed by atoms with Crippen molar-refractivity contribution in [3.05, 3.63) is 71.0 Å². The Hall–Kier alpha value is -3.41. The molecule has 0 bridgehead atoms. The Bertz CT molecular complexity index is 1120. The summed E-state index contributed by atoms with van der Waals surface area (Å²) in [5.41, 5.74) is 5.96. The average Bonchev–Trinajstić information content (AvgIpc) is 2.97. The Morgan fingerprint density at radius 1 is 1.09 bits per heavy atom. The van der Waals surface area contributed by atoms with Crippen molar-refractivity contribution >= 4 is 23.2 Å². The maximum absolute atomic E-state index is 13.9. The first-order valence-corrected chi connectivity index (χ1v) is 11.5. The molecule has 0 fully saturated rings. The number of amides is 1. The van der Waals surface area contributed by atoms with E-state index in [-0.39, 0.29) is 29.2 Å². The number of nitrogen functional groups attached to an aromatic ring is 1. The van der Waals surface area contributed by atoms with E-state index in [0.717, 1.165) is 12.0 Å². The molecule has 3 N–H and O–H groups in total. The van der Waals surface area contributed by atoms with Crippen molar-refractivity contribution < 1.29 is 19.1 Å². The van der Waals surface area contributed by atoms with Crippen LogP contribution in [0, 0.1) is 0 Å². The van der Waals surface area contributed by atoms with Crippen LogP contribution in [0.2, 0.25) is 0 Å². The summed E-state index contributed by atoms with van der Waals surface area (Å²) >= 11 is 0. The molecular formula is C27H32N2O4. The second kappa shape index (κ2) is 9.61. The van der Waals surface area contributed by atoms with Gasteiger partial charge in [-0.1, -0.05) is 58.5 Å². The lowest BCUT2D eigenvalue weighted by Crippen LogP contribution is -2.54. The van der Waals surface area contributed by atoms with Gasteiger partial charge in [0.2, 0.25) is 17.5 Å². The van der Waals surface area contributed by atoms with E-state index in [1.807, 2.05) is 39.8 Å². The summed E-state index contributed by atoms with van der Waals surface area (Å²) in [6.07, 6.45) is 2.20. The van der Waals surface area contributed by atoms with E-state index in [2.05, 4.69) is 11.9 Å². The Labute approximate surface area is 195 Å². The van der Waals surface area contributed by atoms with E-state index in [9.17, 15) is 14.4 Å². The van der Waals surface area contributed by atoms with Crippen LogP contribution >= 0.6 is 0 Å². The summed E-state index contributed by atoms with van der Waals surface area (Å²) in [6, 6.07) is 10.2. The molecule has 2 aromatic carbocycles. The minimum Gasteiger partial charge on any atom is -0.462 e.